The standard InChI is InChI=1S/C15H18N4O2S/c1-4-11(2)12-5-7-14(8-6-12)22(20,21)18-15-13(9-16)10-17-19(15)3/h5-8,10-11,18H,4H2,1-3H3/t11-/m1/s1. The topological polar surface area (TPSA) is 87.8 Å². The van der Waals surface area contributed by atoms with Gasteiger partial charge in [-0.05, 0) is 30.0 Å². The summed E-state index contributed by atoms with van der Waals surface area (Å²) in [5.74, 6) is 0.542. The van der Waals surface area contributed by atoms with Crippen LogP contribution in [0.3, 0.4) is 0 Å². The van der Waals surface area contributed by atoms with Crippen LogP contribution in [0, 0.1) is 11.3 Å². The van der Waals surface area contributed by atoms with E-state index >= 15 is 0 Å². The molecule has 0 bridgehead atoms. The lowest BCUT2D eigenvalue weighted by Crippen LogP contribution is -2.16. The van der Waals surface area contributed by atoms with Crippen LogP contribution < -0.4 is 4.72 Å². The normalized spacial score (nSPS) is 12.6. The third-order valence-electron chi connectivity index (χ3n) is 3.66. The van der Waals surface area contributed by atoms with Gasteiger partial charge in [0.1, 0.15) is 11.6 Å². The van der Waals surface area contributed by atoms with Crippen LogP contribution in [0.5, 0.6) is 0 Å². The maximum Gasteiger partial charge on any atom is 0.263 e. The highest BCUT2D eigenvalue weighted by Crippen LogP contribution is 2.22. The second-order valence-electron chi connectivity index (χ2n) is 5.13. The minimum Gasteiger partial charge on any atom is -0.262 e. The van der Waals surface area contributed by atoms with E-state index in [1.54, 1.807) is 19.2 Å². The Balaban J connectivity index is 2.31. The smallest absolute Gasteiger partial charge is 0.262 e. The zero-order valence-corrected chi connectivity index (χ0v) is 13.6. The third-order valence-corrected chi connectivity index (χ3v) is 5.02. The van der Waals surface area contributed by atoms with E-state index in [0.29, 0.717) is 5.92 Å². The predicted molar refractivity (Wildman–Crippen MR) is 83.9 cm³/mol. The number of nitriles is 1. The number of nitrogens with zero attached hydrogens (tertiary/aromatic N) is 3. The first-order valence-corrected chi connectivity index (χ1v) is 8.42. The minimum absolute atomic E-state index is 0.157. The summed E-state index contributed by atoms with van der Waals surface area (Å²) in [6.07, 6.45) is 2.31. The van der Waals surface area contributed by atoms with E-state index in [1.165, 1.54) is 10.9 Å². The number of hydrogen-bond acceptors (Lipinski definition) is 4. The Hall–Kier alpha value is -2.33. The lowest BCUT2D eigenvalue weighted by Gasteiger charge is -2.11. The van der Waals surface area contributed by atoms with Crippen LogP contribution in [0.2, 0.25) is 0 Å². The fraction of sp³-hybridized carbons (Fsp3) is 0.333. The molecule has 116 valence electrons. The van der Waals surface area contributed by atoms with Crippen molar-refractivity contribution in [3.05, 3.63) is 41.6 Å². The Labute approximate surface area is 130 Å². The molecule has 0 fully saturated rings. The molecule has 6 nitrogen and oxygen atoms in total. The van der Waals surface area contributed by atoms with Gasteiger partial charge in [-0.2, -0.15) is 10.4 Å². The highest BCUT2D eigenvalue weighted by atomic mass is 32.2. The van der Waals surface area contributed by atoms with Crippen molar-refractivity contribution in [3.8, 4) is 6.07 Å². The van der Waals surface area contributed by atoms with Gasteiger partial charge in [-0.15, -0.1) is 0 Å². The van der Waals surface area contributed by atoms with E-state index in [-0.39, 0.29) is 16.3 Å². The molecule has 1 N–H and O–H groups in total. The molecule has 0 saturated carbocycles. The van der Waals surface area contributed by atoms with Gasteiger partial charge in [-0.25, -0.2) is 8.42 Å². The molecule has 0 amide bonds. The molecule has 0 radical (unpaired) electrons. The fourth-order valence-electron chi connectivity index (χ4n) is 2.04. The van der Waals surface area contributed by atoms with Gasteiger partial charge in [0.05, 0.1) is 11.1 Å². The lowest BCUT2D eigenvalue weighted by molar-refractivity contribution is 0.600. The first-order valence-electron chi connectivity index (χ1n) is 6.94. The summed E-state index contributed by atoms with van der Waals surface area (Å²) in [5.41, 5.74) is 1.28. The van der Waals surface area contributed by atoms with Gasteiger partial charge in [-0.1, -0.05) is 26.0 Å². The quantitative estimate of drug-likeness (QED) is 0.918. The van der Waals surface area contributed by atoms with Crippen molar-refractivity contribution >= 4 is 15.8 Å². The highest BCUT2D eigenvalue weighted by Gasteiger charge is 2.19. The summed E-state index contributed by atoms with van der Waals surface area (Å²) >= 11 is 0. The van der Waals surface area contributed by atoms with E-state index in [0.717, 1.165) is 12.0 Å². The second-order valence-corrected chi connectivity index (χ2v) is 6.81. The van der Waals surface area contributed by atoms with Crippen molar-refractivity contribution in [1.82, 2.24) is 9.78 Å². The van der Waals surface area contributed by atoms with Gasteiger partial charge >= 0.3 is 0 Å². The fourth-order valence-corrected chi connectivity index (χ4v) is 3.15. The van der Waals surface area contributed by atoms with Crippen molar-refractivity contribution in [3.63, 3.8) is 0 Å². The van der Waals surface area contributed by atoms with Gasteiger partial charge in [0.25, 0.3) is 10.0 Å². The summed E-state index contributed by atoms with van der Waals surface area (Å²) in [4.78, 5) is 0.157. The van der Waals surface area contributed by atoms with Crippen LogP contribution in [0.15, 0.2) is 35.4 Å². The van der Waals surface area contributed by atoms with Crippen molar-refractivity contribution < 1.29 is 8.42 Å². The van der Waals surface area contributed by atoms with Crippen LogP contribution >= 0.6 is 0 Å². The molecule has 0 spiro atoms. The van der Waals surface area contributed by atoms with E-state index in [2.05, 4.69) is 23.7 Å². The Morgan fingerprint density at radius 2 is 2.00 bits per heavy atom. The van der Waals surface area contributed by atoms with Gasteiger partial charge in [-0.3, -0.25) is 9.40 Å². The number of benzene rings is 1. The monoisotopic (exact) mass is 318 g/mol. The minimum atomic E-state index is -3.75. The Morgan fingerprint density at radius 1 is 1.36 bits per heavy atom. The molecule has 1 heterocycles. The van der Waals surface area contributed by atoms with Crippen LogP contribution in [0.4, 0.5) is 5.82 Å². The molecular formula is C15H18N4O2S. The van der Waals surface area contributed by atoms with Gasteiger partial charge in [0.2, 0.25) is 0 Å². The maximum absolute atomic E-state index is 12.4. The van der Waals surface area contributed by atoms with Crippen LogP contribution in [-0.4, -0.2) is 18.2 Å². The number of sulfonamides is 1. The Bertz CT molecular complexity index is 801. The number of hydrogen-bond donors (Lipinski definition) is 1. The van der Waals surface area contributed by atoms with Crippen LogP contribution in [0.1, 0.15) is 37.3 Å². The number of rotatable bonds is 5. The molecule has 0 saturated heterocycles. The molecule has 7 heteroatoms. The number of aromatic nitrogens is 2. The summed E-state index contributed by atoms with van der Waals surface area (Å²) in [6.45, 7) is 4.18. The molecule has 2 rings (SSSR count). The van der Waals surface area contributed by atoms with E-state index in [9.17, 15) is 8.42 Å². The van der Waals surface area contributed by atoms with E-state index in [1.807, 2.05) is 18.2 Å². The largest absolute Gasteiger partial charge is 0.263 e. The Morgan fingerprint density at radius 3 is 2.55 bits per heavy atom. The highest BCUT2D eigenvalue weighted by molar-refractivity contribution is 7.92. The molecule has 0 aliphatic heterocycles. The average molecular weight is 318 g/mol. The SMILES string of the molecule is CC[C@@H](C)c1ccc(S(=O)(=O)Nc2c(C#N)cnn2C)cc1. The first-order chi connectivity index (χ1) is 10.4. The molecule has 1 aromatic heterocycles. The summed E-state index contributed by atoms with van der Waals surface area (Å²) in [5, 5.41) is 12.9. The third kappa shape index (κ3) is 3.12. The zero-order chi connectivity index (χ0) is 16.3. The van der Waals surface area contributed by atoms with Crippen molar-refractivity contribution in [2.24, 2.45) is 7.05 Å². The molecule has 2 aromatic rings. The van der Waals surface area contributed by atoms with Crippen molar-refractivity contribution in [1.29, 1.82) is 5.26 Å². The molecule has 1 aromatic carbocycles. The summed E-state index contributed by atoms with van der Waals surface area (Å²) < 4.78 is 28.6. The molecular weight excluding hydrogens is 300 g/mol. The predicted octanol–water partition coefficient (Wildman–Crippen LogP) is 2.61. The molecule has 0 aliphatic carbocycles. The molecule has 1 atom stereocenters. The molecule has 0 aliphatic rings. The van der Waals surface area contributed by atoms with Gasteiger partial charge in [0, 0.05) is 7.05 Å². The second kappa shape index (κ2) is 6.20. The maximum atomic E-state index is 12.4. The van der Waals surface area contributed by atoms with E-state index < -0.39 is 10.0 Å². The number of aryl methyl sites for hydroxylation is 1. The number of anilines is 1. The Kier molecular flexibility index (Phi) is 4.52. The van der Waals surface area contributed by atoms with Crippen molar-refractivity contribution in [2.75, 3.05) is 4.72 Å². The van der Waals surface area contributed by atoms with Gasteiger partial charge < -0.3 is 0 Å². The molecule has 0 unspecified atom stereocenters. The van der Waals surface area contributed by atoms with Crippen LogP contribution in [-0.2, 0) is 17.1 Å². The average Bonchev–Trinajstić information content (AvgIpc) is 2.86. The number of nitrogens with one attached hydrogen (secondary N) is 1. The summed E-state index contributed by atoms with van der Waals surface area (Å²) in [7, 11) is -2.18. The lowest BCUT2D eigenvalue weighted by atomic mass is 9.99. The zero-order valence-electron chi connectivity index (χ0n) is 12.7. The molecule has 22 heavy (non-hydrogen) atoms. The van der Waals surface area contributed by atoms with E-state index in [4.69, 9.17) is 5.26 Å². The summed E-state index contributed by atoms with van der Waals surface area (Å²) in [6, 6.07) is 8.70. The van der Waals surface area contributed by atoms with Gasteiger partial charge in [0.15, 0.2) is 5.82 Å². The van der Waals surface area contributed by atoms with Crippen LogP contribution in [0.25, 0.3) is 0 Å². The van der Waals surface area contributed by atoms with Crippen molar-refractivity contribution in [2.45, 2.75) is 31.1 Å². The first kappa shape index (κ1) is 16.0.